The molecule has 3 nitrogen and oxygen atoms in total. The van der Waals surface area contributed by atoms with Gasteiger partial charge in [0, 0.05) is 38.3 Å². The van der Waals surface area contributed by atoms with E-state index >= 15 is 0 Å². The third-order valence-corrected chi connectivity index (χ3v) is 3.94. The fraction of sp³-hybridized carbons (Fsp3) is 1.00. The van der Waals surface area contributed by atoms with Crippen LogP contribution in [0.2, 0.25) is 0 Å². The molecule has 0 aromatic carbocycles. The molecule has 0 radical (unpaired) electrons. The van der Waals surface area contributed by atoms with Crippen molar-refractivity contribution < 1.29 is 4.74 Å². The normalized spacial score (nSPS) is 31.9. The van der Waals surface area contributed by atoms with Crippen LogP contribution in [0.4, 0.5) is 0 Å². The second kappa shape index (κ2) is 6.58. The van der Waals surface area contributed by atoms with Gasteiger partial charge in [-0.15, -0.1) is 0 Å². The van der Waals surface area contributed by atoms with Crippen molar-refractivity contribution in [3.63, 3.8) is 0 Å². The second-order valence-electron chi connectivity index (χ2n) is 5.16. The van der Waals surface area contributed by atoms with Crippen molar-refractivity contribution in [3.05, 3.63) is 0 Å². The summed E-state index contributed by atoms with van der Waals surface area (Å²) in [5.74, 6) is 0. The van der Waals surface area contributed by atoms with E-state index in [1.54, 1.807) is 7.11 Å². The van der Waals surface area contributed by atoms with Crippen molar-refractivity contribution in [2.45, 2.75) is 51.6 Å². The van der Waals surface area contributed by atoms with E-state index in [0.717, 1.165) is 19.7 Å². The van der Waals surface area contributed by atoms with Crippen LogP contribution in [0.5, 0.6) is 0 Å². The molecule has 1 N–H and O–H groups in total. The molecule has 0 aliphatic carbocycles. The van der Waals surface area contributed by atoms with Gasteiger partial charge in [-0.05, 0) is 19.8 Å². The van der Waals surface area contributed by atoms with Crippen LogP contribution in [-0.4, -0.2) is 49.8 Å². The molecule has 0 aromatic rings. The van der Waals surface area contributed by atoms with E-state index in [2.05, 4.69) is 31.0 Å². The first kappa shape index (κ1) is 13.9. The molecular weight excluding hydrogens is 200 g/mol. The number of methoxy groups -OCH3 is 1. The Morgan fingerprint density at radius 2 is 2.19 bits per heavy atom. The van der Waals surface area contributed by atoms with E-state index in [1.807, 2.05) is 0 Å². The van der Waals surface area contributed by atoms with E-state index < -0.39 is 0 Å². The molecule has 2 atom stereocenters. The Morgan fingerprint density at radius 1 is 1.44 bits per heavy atom. The van der Waals surface area contributed by atoms with E-state index in [-0.39, 0.29) is 0 Å². The molecule has 1 rings (SSSR count). The lowest BCUT2D eigenvalue weighted by atomic mass is 9.91. The molecule has 3 heteroatoms. The van der Waals surface area contributed by atoms with Crippen LogP contribution in [0.3, 0.4) is 0 Å². The van der Waals surface area contributed by atoms with Gasteiger partial charge in [0.1, 0.15) is 0 Å². The molecule has 0 amide bonds. The number of hydrogen-bond donors (Lipinski definition) is 1. The Bertz CT molecular complexity index is 198. The number of hydrogen-bond acceptors (Lipinski definition) is 3. The summed E-state index contributed by atoms with van der Waals surface area (Å²) in [5, 5.41) is 3.69. The zero-order valence-electron chi connectivity index (χ0n) is 11.4. The van der Waals surface area contributed by atoms with Crippen molar-refractivity contribution in [3.8, 4) is 0 Å². The highest BCUT2D eigenvalue weighted by molar-refractivity contribution is 4.94. The SMILES string of the molecule is CCCC1CN(CCOC)C(C)(CC)CN1. The quantitative estimate of drug-likeness (QED) is 0.751. The zero-order chi connectivity index (χ0) is 12.0. The molecule has 2 unspecified atom stereocenters. The first-order chi connectivity index (χ1) is 7.66. The molecule has 1 aliphatic rings. The lowest BCUT2D eigenvalue weighted by Gasteiger charge is -2.48. The summed E-state index contributed by atoms with van der Waals surface area (Å²) in [5.41, 5.74) is 0.308. The first-order valence-electron chi connectivity index (χ1n) is 6.63. The van der Waals surface area contributed by atoms with Gasteiger partial charge < -0.3 is 10.1 Å². The van der Waals surface area contributed by atoms with Crippen molar-refractivity contribution in [2.24, 2.45) is 0 Å². The lowest BCUT2D eigenvalue weighted by Crippen LogP contribution is -2.63. The molecule has 1 saturated heterocycles. The van der Waals surface area contributed by atoms with Crippen molar-refractivity contribution in [1.29, 1.82) is 0 Å². The Labute approximate surface area is 101 Å². The number of nitrogens with zero attached hydrogens (tertiary/aromatic N) is 1. The summed E-state index contributed by atoms with van der Waals surface area (Å²) in [6.07, 6.45) is 3.74. The minimum Gasteiger partial charge on any atom is -0.383 e. The summed E-state index contributed by atoms with van der Waals surface area (Å²) in [6, 6.07) is 0.668. The molecule has 1 aliphatic heterocycles. The lowest BCUT2D eigenvalue weighted by molar-refractivity contribution is 0.0250. The highest BCUT2D eigenvalue weighted by Gasteiger charge is 2.35. The maximum absolute atomic E-state index is 5.22. The van der Waals surface area contributed by atoms with Crippen molar-refractivity contribution in [1.82, 2.24) is 10.2 Å². The van der Waals surface area contributed by atoms with E-state index in [4.69, 9.17) is 4.74 Å². The summed E-state index contributed by atoms with van der Waals surface area (Å²) in [7, 11) is 1.79. The number of ether oxygens (including phenoxy) is 1. The minimum atomic E-state index is 0.308. The maximum Gasteiger partial charge on any atom is 0.0589 e. The van der Waals surface area contributed by atoms with Crippen LogP contribution in [0, 0.1) is 0 Å². The van der Waals surface area contributed by atoms with E-state index in [1.165, 1.54) is 25.8 Å². The molecule has 0 bridgehead atoms. The van der Waals surface area contributed by atoms with Gasteiger partial charge in [-0.2, -0.15) is 0 Å². The molecule has 96 valence electrons. The number of piperazine rings is 1. The van der Waals surface area contributed by atoms with Crippen LogP contribution in [0.15, 0.2) is 0 Å². The topological polar surface area (TPSA) is 24.5 Å². The second-order valence-corrected chi connectivity index (χ2v) is 5.16. The van der Waals surface area contributed by atoms with Gasteiger partial charge in [-0.3, -0.25) is 4.90 Å². The van der Waals surface area contributed by atoms with Crippen LogP contribution >= 0.6 is 0 Å². The van der Waals surface area contributed by atoms with Crippen LogP contribution < -0.4 is 5.32 Å². The van der Waals surface area contributed by atoms with Gasteiger partial charge in [-0.1, -0.05) is 20.3 Å². The molecular formula is C13H28N2O. The molecule has 1 fully saturated rings. The van der Waals surface area contributed by atoms with Crippen LogP contribution in [-0.2, 0) is 4.74 Å². The van der Waals surface area contributed by atoms with Crippen LogP contribution in [0.1, 0.15) is 40.0 Å². The third-order valence-electron chi connectivity index (χ3n) is 3.94. The average Bonchev–Trinajstić information content (AvgIpc) is 2.30. The van der Waals surface area contributed by atoms with Crippen molar-refractivity contribution >= 4 is 0 Å². The standard InChI is InChI=1S/C13H28N2O/c1-5-7-12-10-15(8-9-16-4)13(3,6-2)11-14-12/h12,14H,5-11H2,1-4H3. The van der Waals surface area contributed by atoms with Gasteiger partial charge >= 0.3 is 0 Å². The van der Waals surface area contributed by atoms with Gasteiger partial charge in [0.2, 0.25) is 0 Å². The maximum atomic E-state index is 5.22. The molecule has 0 saturated carbocycles. The summed E-state index contributed by atoms with van der Waals surface area (Å²) < 4.78 is 5.22. The summed E-state index contributed by atoms with van der Waals surface area (Å²) in [4.78, 5) is 2.60. The average molecular weight is 228 g/mol. The predicted octanol–water partition coefficient (Wildman–Crippen LogP) is 1.88. The largest absolute Gasteiger partial charge is 0.383 e. The fourth-order valence-electron chi connectivity index (χ4n) is 2.48. The Morgan fingerprint density at radius 3 is 2.75 bits per heavy atom. The van der Waals surface area contributed by atoms with Gasteiger partial charge in [0.05, 0.1) is 6.61 Å². The molecule has 16 heavy (non-hydrogen) atoms. The van der Waals surface area contributed by atoms with Gasteiger partial charge in [-0.25, -0.2) is 0 Å². The zero-order valence-corrected chi connectivity index (χ0v) is 11.4. The Hall–Kier alpha value is -0.120. The molecule has 0 aromatic heterocycles. The number of rotatable bonds is 6. The van der Waals surface area contributed by atoms with E-state index in [0.29, 0.717) is 11.6 Å². The molecule has 0 spiro atoms. The number of nitrogens with one attached hydrogen (secondary N) is 1. The Balaban J connectivity index is 2.54. The van der Waals surface area contributed by atoms with Gasteiger partial charge in [0.15, 0.2) is 0 Å². The van der Waals surface area contributed by atoms with Crippen molar-refractivity contribution in [2.75, 3.05) is 33.4 Å². The summed E-state index contributed by atoms with van der Waals surface area (Å²) >= 11 is 0. The Kier molecular flexibility index (Phi) is 5.73. The van der Waals surface area contributed by atoms with Crippen LogP contribution in [0.25, 0.3) is 0 Å². The minimum absolute atomic E-state index is 0.308. The highest BCUT2D eigenvalue weighted by Crippen LogP contribution is 2.23. The van der Waals surface area contributed by atoms with Gasteiger partial charge in [0.25, 0.3) is 0 Å². The first-order valence-corrected chi connectivity index (χ1v) is 6.63. The monoisotopic (exact) mass is 228 g/mol. The smallest absolute Gasteiger partial charge is 0.0589 e. The van der Waals surface area contributed by atoms with E-state index in [9.17, 15) is 0 Å². The predicted molar refractivity (Wildman–Crippen MR) is 68.8 cm³/mol. The highest BCUT2D eigenvalue weighted by atomic mass is 16.5. The third kappa shape index (κ3) is 3.44. The fourth-order valence-corrected chi connectivity index (χ4v) is 2.48. The molecule has 1 heterocycles. The summed E-state index contributed by atoms with van der Waals surface area (Å²) in [6.45, 7) is 11.1.